The van der Waals surface area contributed by atoms with Crippen molar-refractivity contribution in [3.05, 3.63) is 23.3 Å². The Morgan fingerprint density at radius 2 is 1.50 bits per heavy atom. The van der Waals surface area contributed by atoms with E-state index in [0.29, 0.717) is 11.8 Å². The predicted octanol–water partition coefficient (Wildman–Crippen LogP) is 3.57. The molecule has 0 aliphatic rings. The zero-order valence-electron chi connectivity index (χ0n) is 12.7. The predicted molar refractivity (Wildman–Crippen MR) is 83.6 cm³/mol. The summed E-state index contributed by atoms with van der Waals surface area (Å²) in [5.74, 6) is 1.20. The molecule has 0 saturated heterocycles. The number of hydrogen-bond donors (Lipinski definition) is 0. The monoisotopic (exact) mass is 260 g/mol. The molecular formula is C16H26NSi. The Balaban J connectivity index is 3.49. The van der Waals surface area contributed by atoms with Crippen LogP contribution >= 0.6 is 0 Å². The fraction of sp³-hybridized carbons (Fsp3) is 0.625. The summed E-state index contributed by atoms with van der Waals surface area (Å²) >= 11 is 0. The average molecular weight is 260 g/mol. The van der Waals surface area contributed by atoms with Crippen LogP contribution in [0.5, 0.6) is 0 Å². The van der Waals surface area contributed by atoms with Crippen molar-refractivity contribution >= 4 is 21.1 Å². The largest absolute Gasteiger partial charge is 0.377 e. The van der Waals surface area contributed by atoms with Gasteiger partial charge in [0.1, 0.15) is 0 Å². The Labute approximate surface area is 116 Å². The van der Waals surface area contributed by atoms with Gasteiger partial charge in [0.15, 0.2) is 0 Å². The molecule has 0 aromatic heterocycles. The molecule has 1 aromatic rings. The third-order valence-corrected chi connectivity index (χ3v) is 4.39. The third-order valence-electron chi connectivity index (χ3n) is 3.96. The molecular weight excluding hydrogens is 234 g/mol. The molecule has 0 saturated carbocycles. The Kier molecular flexibility index (Phi) is 5.45. The van der Waals surface area contributed by atoms with Gasteiger partial charge in [-0.3, -0.25) is 0 Å². The highest BCUT2D eigenvalue weighted by Crippen LogP contribution is 2.35. The molecule has 1 aromatic carbocycles. The van der Waals surface area contributed by atoms with Crippen molar-refractivity contribution in [1.82, 2.24) is 0 Å². The molecule has 0 amide bonds. The normalized spacial score (nSPS) is 14.4. The van der Waals surface area contributed by atoms with Gasteiger partial charge < -0.3 is 4.90 Å². The van der Waals surface area contributed by atoms with Crippen molar-refractivity contribution in [2.45, 2.75) is 52.4 Å². The first-order valence-electron chi connectivity index (χ1n) is 6.99. The zero-order valence-corrected chi connectivity index (χ0v) is 13.7. The van der Waals surface area contributed by atoms with Crippen LogP contribution in [0.25, 0.3) is 0 Å². The molecule has 0 spiro atoms. The molecule has 2 unspecified atom stereocenters. The molecule has 0 bridgehead atoms. The van der Waals surface area contributed by atoms with Crippen LogP contribution in [0.2, 0.25) is 0 Å². The van der Waals surface area contributed by atoms with E-state index in [9.17, 15) is 0 Å². The smallest absolute Gasteiger partial charge is 0.0716 e. The Bertz CT molecular complexity index is 398. The maximum absolute atomic E-state index is 3.81. The van der Waals surface area contributed by atoms with Gasteiger partial charge in [0.25, 0.3) is 0 Å². The van der Waals surface area contributed by atoms with E-state index >= 15 is 0 Å². The van der Waals surface area contributed by atoms with Crippen molar-refractivity contribution < 1.29 is 0 Å². The van der Waals surface area contributed by atoms with Crippen molar-refractivity contribution in [3.63, 3.8) is 0 Å². The highest BCUT2D eigenvalue weighted by molar-refractivity contribution is 6.33. The summed E-state index contributed by atoms with van der Waals surface area (Å²) in [5, 5.41) is 1.25. The molecule has 0 fully saturated rings. The molecule has 0 aliphatic carbocycles. The minimum atomic E-state index is 0.599. The van der Waals surface area contributed by atoms with Gasteiger partial charge in [-0.25, -0.2) is 0 Å². The maximum atomic E-state index is 3.81. The van der Waals surface area contributed by atoms with Gasteiger partial charge in [0.05, 0.1) is 10.2 Å². The number of rotatable bonds is 5. The first-order valence-corrected chi connectivity index (χ1v) is 7.49. The Hall–Kier alpha value is -0.763. The maximum Gasteiger partial charge on any atom is 0.0716 e. The Morgan fingerprint density at radius 3 is 1.94 bits per heavy atom. The van der Waals surface area contributed by atoms with Crippen LogP contribution < -0.4 is 10.1 Å². The van der Waals surface area contributed by atoms with E-state index in [1.54, 1.807) is 0 Å². The van der Waals surface area contributed by atoms with Crippen molar-refractivity contribution in [2.24, 2.45) is 0 Å². The van der Waals surface area contributed by atoms with Crippen LogP contribution in [0.4, 0.5) is 5.69 Å². The highest BCUT2D eigenvalue weighted by Gasteiger charge is 2.20. The third kappa shape index (κ3) is 2.97. The minimum Gasteiger partial charge on any atom is -0.377 e. The standard InChI is InChI=1S/C16H26NSi/c1-7-11(3)15-13(17(5)6)9-10-14(18)16(15)12(4)8-2/h9-12H,7-8H2,1-6H3. The lowest BCUT2D eigenvalue weighted by atomic mass is 9.85. The van der Waals surface area contributed by atoms with E-state index in [1.165, 1.54) is 34.8 Å². The van der Waals surface area contributed by atoms with Crippen molar-refractivity contribution in [2.75, 3.05) is 19.0 Å². The van der Waals surface area contributed by atoms with E-state index < -0.39 is 0 Å². The van der Waals surface area contributed by atoms with E-state index in [0.717, 1.165) is 0 Å². The second-order valence-corrected chi connectivity index (χ2v) is 6.01. The zero-order chi connectivity index (χ0) is 13.9. The number of anilines is 1. The first-order chi connectivity index (χ1) is 8.43. The van der Waals surface area contributed by atoms with Gasteiger partial charge in [0.2, 0.25) is 0 Å². The van der Waals surface area contributed by atoms with E-state index in [2.05, 4.69) is 69.1 Å². The SMILES string of the molecule is CCC(C)c1c([Si])ccc(N(C)C)c1C(C)CC. The van der Waals surface area contributed by atoms with Gasteiger partial charge in [0, 0.05) is 19.8 Å². The second-order valence-electron chi connectivity index (χ2n) is 5.47. The molecule has 1 rings (SSSR count). The van der Waals surface area contributed by atoms with Crippen LogP contribution in [0, 0.1) is 0 Å². The molecule has 0 aliphatic heterocycles. The Morgan fingerprint density at radius 1 is 1.00 bits per heavy atom. The molecule has 3 radical (unpaired) electrons. The van der Waals surface area contributed by atoms with Gasteiger partial charge in [-0.15, -0.1) is 0 Å². The van der Waals surface area contributed by atoms with Crippen LogP contribution in [0.15, 0.2) is 12.1 Å². The molecule has 1 nitrogen and oxygen atoms in total. The summed E-state index contributed by atoms with van der Waals surface area (Å²) < 4.78 is 0. The minimum absolute atomic E-state index is 0.599. The summed E-state index contributed by atoms with van der Waals surface area (Å²) in [7, 11) is 8.07. The van der Waals surface area contributed by atoms with Gasteiger partial charge in [-0.05, 0) is 41.9 Å². The molecule has 99 valence electrons. The van der Waals surface area contributed by atoms with E-state index in [-0.39, 0.29) is 0 Å². The fourth-order valence-corrected chi connectivity index (χ4v) is 2.94. The average Bonchev–Trinajstić information content (AvgIpc) is 2.36. The summed E-state index contributed by atoms with van der Waals surface area (Å²) in [4.78, 5) is 2.24. The molecule has 0 heterocycles. The molecule has 18 heavy (non-hydrogen) atoms. The van der Waals surface area contributed by atoms with Gasteiger partial charge in [-0.1, -0.05) is 38.9 Å². The van der Waals surface area contributed by atoms with E-state index in [1.807, 2.05) is 0 Å². The quantitative estimate of drug-likeness (QED) is 0.732. The summed E-state index contributed by atoms with van der Waals surface area (Å²) in [6.07, 6.45) is 2.36. The topological polar surface area (TPSA) is 3.24 Å². The lowest BCUT2D eigenvalue weighted by Crippen LogP contribution is -2.22. The van der Waals surface area contributed by atoms with E-state index in [4.69, 9.17) is 0 Å². The first kappa shape index (κ1) is 15.3. The second kappa shape index (κ2) is 6.42. The molecule has 0 N–H and O–H groups in total. The van der Waals surface area contributed by atoms with Gasteiger partial charge >= 0.3 is 0 Å². The van der Waals surface area contributed by atoms with Crippen molar-refractivity contribution in [3.8, 4) is 0 Å². The molecule has 2 atom stereocenters. The summed E-state index contributed by atoms with van der Waals surface area (Å²) in [6.45, 7) is 9.19. The lowest BCUT2D eigenvalue weighted by Gasteiger charge is -2.28. The van der Waals surface area contributed by atoms with Crippen LogP contribution in [0.1, 0.15) is 63.5 Å². The number of hydrogen-bond acceptors (Lipinski definition) is 1. The molecule has 2 heteroatoms. The summed E-state index contributed by atoms with van der Waals surface area (Å²) in [5.41, 5.74) is 4.38. The number of benzene rings is 1. The highest BCUT2D eigenvalue weighted by atomic mass is 28.1. The summed E-state index contributed by atoms with van der Waals surface area (Å²) in [6, 6.07) is 4.43. The van der Waals surface area contributed by atoms with Crippen LogP contribution in [0.3, 0.4) is 0 Å². The van der Waals surface area contributed by atoms with Crippen LogP contribution in [-0.4, -0.2) is 24.3 Å². The van der Waals surface area contributed by atoms with Gasteiger partial charge in [-0.2, -0.15) is 0 Å². The number of nitrogens with zero attached hydrogens (tertiary/aromatic N) is 1. The lowest BCUT2D eigenvalue weighted by molar-refractivity contribution is 0.679. The van der Waals surface area contributed by atoms with Crippen molar-refractivity contribution in [1.29, 1.82) is 0 Å². The fourth-order valence-electron chi connectivity index (χ4n) is 2.47. The van der Waals surface area contributed by atoms with Crippen LogP contribution in [-0.2, 0) is 0 Å².